The molecule has 7 fully saturated rings. The summed E-state index contributed by atoms with van der Waals surface area (Å²) in [5.41, 5.74) is -0.191. The Morgan fingerprint density at radius 2 is 1.43 bits per heavy atom. The fourth-order valence-corrected chi connectivity index (χ4v) is 16.2. The maximum absolute atomic E-state index is 13.8. The van der Waals surface area contributed by atoms with E-state index in [0.29, 0.717) is 31.1 Å². The van der Waals surface area contributed by atoms with Gasteiger partial charge in [0.15, 0.2) is 42.5 Å². The summed E-state index contributed by atoms with van der Waals surface area (Å²) in [5.74, 6) is -0.520. The van der Waals surface area contributed by atoms with Gasteiger partial charge in [-0.25, -0.2) is 0 Å². The number of epoxide rings is 1. The molecule has 13 heteroatoms. The molecule has 1 N–H and O–H groups in total. The Labute approximate surface area is 377 Å². The van der Waals surface area contributed by atoms with Crippen LogP contribution in [0.4, 0.5) is 0 Å². The number of esters is 2. The van der Waals surface area contributed by atoms with Crippen molar-refractivity contribution in [2.24, 2.45) is 45.3 Å². The van der Waals surface area contributed by atoms with Crippen LogP contribution in [-0.2, 0) is 52.5 Å². The van der Waals surface area contributed by atoms with E-state index in [1.807, 2.05) is 19.9 Å². The maximum Gasteiger partial charge on any atom is 0.303 e. The summed E-state index contributed by atoms with van der Waals surface area (Å²) in [6.07, 6.45) is 18.8. The van der Waals surface area contributed by atoms with Gasteiger partial charge < -0.3 is 28.8 Å². The summed E-state index contributed by atoms with van der Waals surface area (Å²) in [7, 11) is 0. The molecular weight excluding hydrogens is 872 g/mol. The van der Waals surface area contributed by atoms with E-state index in [4.69, 9.17) is 23.7 Å². The second-order valence-corrected chi connectivity index (χ2v) is 22.1. The summed E-state index contributed by atoms with van der Waals surface area (Å²) in [6.45, 7) is 12.6. The van der Waals surface area contributed by atoms with Gasteiger partial charge in [0.2, 0.25) is 5.78 Å². The minimum Gasteiger partial charge on any atom is -0.458 e. The lowest BCUT2D eigenvalue weighted by Gasteiger charge is -2.64. The van der Waals surface area contributed by atoms with Gasteiger partial charge in [0.05, 0.1) is 22.6 Å². The van der Waals surface area contributed by atoms with E-state index in [0.717, 1.165) is 56.1 Å². The Morgan fingerprint density at radius 1 is 0.810 bits per heavy atom. The van der Waals surface area contributed by atoms with Crippen molar-refractivity contribution in [2.45, 2.75) is 153 Å². The summed E-state index contributed by atoms with van der Waals surface area (Å²) in [6, 6.07) is 0. The standard InChI is InChI=1S/C27H35BrO7.C23H26O5/c1-5-6-23-34-22-12-19-18-8-7-16-11-17(30)9-10-24(16,3)26(18,28)20(31)13-25(19,4)27(22,35-23)21(32)14-33-15(2)29;1-13(24)27-12-19(26)18-7-6-16-17-5-4-14-10-15(25)8-9-22(14,3)23(17)20(28-23)11-21(16,18)2/h9-11,18-20,22-23,31H,5-8,12-14H2,1-4H3;7-10,16-17,20H,4-6,11-12H2,1-3H3/t18-,19-,20-,22+,23?,24-,25-,26-,27+;16-,17?,20+,21-,22-,23-/m00/s1. The molecule has 0 radical (unpaired) electrons. The van der Waals surface area contributed by atoms with Crippen LogP contribution in [0.5, 0.6) is 0 Å². The number of aliphatic hydroxyl groups excluding tert-OH is 1. The molecular formula is C50H61BrO12. The number of halogens is 1. The van der Waals surface area contributed by atoms with Gasteiger partial charge in [-0.1, -0.05) is 79.4 Å². The topological polar surface area (TPSA) is 172 Å². The molecule has 0 amide bonds. The molecule has 12 nitrogen and oxygen atoms in total. The zero-order valence-electron chi connectivity index (χ0n) is 37.5. The van der Waals surface area contributed by atoms with Gasteiger partial charge in [-0.15, -0.1) is 0 Å². The summed E-state index contributed by atoms with van der Waals surface area (Å²) < 4.78 is 28.8. The second kappa shape index (κ2) is 15.1. The minimum atomic E-state index is -1.28. The molecule has 1 spiro atoms. The van der Waals surface area contributed by atoms with E-state index in [-0.39, 0.29) is 70.7 Å². The van der Waals surface area contributed by atoms with Crippen LogP contribution < -0.4 is 0 Å². The van der Waals surface area contributed by atoms with Crippen LogP contribution in [0.1, 0.15) is 113 Å². The van der Waals surface area contributed by atoms with E-state index in [1.54, 1.807) is 24.3 Å². The molecule has 0 bridgehead atoms. The first-order valence-electron chi connectivity index (χ1n) is 23.0. The number of ketones is 4. The van der Waals surface area contributed by atoms with E-state index in [2.05, 4.69) is 48.9 Å². The second-order valence-electron chi connectivity index (χ2n) is 20.8. The molecule has 2 unspecified atom stereocenters. The smallest absolute Gasteiger partial charge is 0.303 e. The van der Waals surface area contributed by atoms with Crippen molar-refractivity contribution in [3.63, 3.8) is 0 Å². The number of hydrogen-bond donors (Lipinski definition) is 1. The summed E-state index contributed by atoms with van der Waals surface area (Å²) >= 11 is 4.05. The van der Waals surface area contributed by atoms with Crippen LogP contribution in [0, 0.1) is 45.3 Å². The van der Waals surface area contributed by atoms with Crippen molar-refractivity contribution in [3.05, 3.63) is 59.3 Å². The molecule has 8 aliphatic carbocycles. The van der Waals surface area contributed by atoms with E-state index in [1.165, 1.54) is 19.4 Å². The molecule has 10 rings (SSSR count). The Morgan fingerprint density at radius 3 is 2.08 bits per heavy atom. The van der Waals surface area contributed by atoms with Crippen LogP contribution in [-0.4, -0.2) is 93.5 Å². The van der Waals surface area contributed by atoms with Gasteiger partial charge in [0, 0.05) is 41.1 Å². The zero-order valence-corrected chi connectivity index (χ0v) is 39.0. The van der Waals surface area contributed by atoms with Crippen LogP contribution in [0.25, 0.3) is 0 Å². The van der Waals surface area contributed by atoms with Gasteiger partial charge in [-0.2, -0.15) is 0 Å². The third kappa shape index (κ3) is 6.10. The Kier molecular flexibility index (Phi) is 10.7. The van der Waals surface area contributed by atoms with Gasteiger partial charge in [0.25, 0.3) is 0 Å². The molecule has 63 heavy (non-hydrogen) atoms. The van der Waals surface area contributed by atoms with Crippen LogP contribution >= 0.6 is 15.9 Å². The van der Waals surface area contributed by atoms with Crippen LogP contribution in [0.2, 0.25) is 0 Å². The minimum absolute atomic E-state index is 0.0173. The fraction of sp³-hybridized carbons (Fsp3) is 0.680. The Bertz CT molecular complexity index is 2220. The number of carbonyl (C=O) groups excluding carboxylic acids is 6. The van der Waals surface area contributed by atoms with Crippen molar-refractivity contribution < 1.29 is 57.6 Å². The highest BCUT2D eigenvalue weighted by molar-refractivity contribution is 9.10. The van der Waals surface area contributed by atoms with E-state index < -0.39 is 51.2 Å². The molecule has 2 saturated heterocycles. The first kappa shape index (κ1) is 44.8. The van der Waals surface area contributed by atoms with E-state index in [9.17, 15) is 33.9 Å². The lowest BCUT2D eigenvalue weighted by molar-refractivity contribution is -0.196. The van der Waals surface area contributed by atoms with Gasteiger partial charge in [-0.05, 0) is 113 Å². The molecule has 0 aromatic heterocycles. The molecule has 2 aliphatic heterocycles. The average molecular weight is 934 g/mol. The number of fused-ring (bicyclic) bond motifs is 10. The monoisotopic (exact) mass is 932 g/mol. The molecule has 5 saturated carbocycles. The molecule has 340 valence electrons. The van der Waals surface area contributed by atoms with E-state index >= 15 is 0 Å². The first-order valence-corrected chi connectivity index (χ1v) is 23.8. The average Bonchev–Trinajstić information content (AvgIpc) is 3.54. The maximum atomic E-state index is 13.8. The number of Topliss-reactive ketones (excluding diaryl/α,β-unsaturated/α-hetero) is 2. The van der Waals surface area contributed by atoms with Crippen molar-refractivity contribution >= 4 is 51.0 Å². The van der Waals surface area contributed by atoms with Gasteiger partial charge >= 0.3 is 11.9 Å². The Balaban J connectivity index is 0.000000164. The zero-order chi connectivity index (χ0) is 45.3. The predicted octanol–water partition coefficient (Wildman–Crippen LogP) is 6.90. The number of rotatable bonds is 8. The summed E-state index contributed by atoms with van der Waals surface area (Å²) in [4.78, 5) is 73.3. The lowest BCUT2D eigenvalue weighted by Crippen LogP contribution is -2.69. The molecule has 2 heterocycles. The van der Waals surface area contributed by atoms with Crippen molar-refractivity contribution in [2.75, 3.05) is 13.2 Å². The molecule has 15 atom stereocenters. The molecule has 0 aromatic carbocycles. The molecule has 10 aliphatic rings. The van der Waals surface area contributed by atoms with Crippen molar-refractivity contribution in [3.8, 4) is 0 Å². The normalized spacial score (nSPS) is 46.7. The number of ether oxygens (including phenoxy) is 5. The third-order valence-corrected chi connectivity index (χ3v) is 19.9. The van der Waals surface area contributed by atoms with Crippen molar-refractivity contribution in [1.82, 2.24) is 0 Å². The number of hydrogen-bond acceptors (Lipinski definition) is 12. The quantitative estimate of drug-likeness (QED) is 0.152. The van der Waals surface area contributed by atoms with Gasteiger partial charge in [-0.3, -0.25) is 28.8 Å². The Hall–Kier alpha value is -3.36. The lowest BCUT2D eigenvalue weighted by atomic mass is 9.46. The van der Waals surface area contributed by atoms with Crippen LogP contribution in [0.15, 0.2) is 59.3 Å². The van der Waals surface area contributed by atoms with Gasteiger partial charge in [0.1, 0.15) is 5.60 Å². The fourth-order valence-electron chi connectivity index (χ4n) is 15.1. The highest BCUT2D eigenvalue weighted by Gasteiger charge is 2.80. The highest BCUT2D eigenvalue weighted by Crippen LogP contribution is 2.75. The summed E-state index contributed by atoms with van der Waals surface area (Å²) in [5, 5.41) is 11.9. The SMILES string of the molecule is CC(=O)OCC(=O)C1=CC[C@H]2C3CCC4=CC(=O)C=C[C@]4(C)[C@]34O[C@@H]4C[C@]12C.CCCC1O[C@@H]2C[C@H]3[C@@H]4CCC5=CC(=O)C=C[C@]5(C)[C@@]4(Br)[C@@H](O)C[C@]3(C)[C@]2(C(=O)COC(C)=O)O1. The third-order valence-electron chi connectivity index (χ3n) is 18.0. The predicted molar refractivity (Wildman–Crippen MR) is 232 cm³/mol. The first-order chi connectivity index (χ1) is 29.7. The molecule has 0 aromatic rings. The number of alkyl halides is 1. The number of allylic oxidation sites excluding steroid dienone is 7. The van der Waals surface area contributed by atoms with Crippen molar-refractivity contribution in [1.29, 1.82) is 0 Å². The number of carbonyl (C=O) groups is 6. The largest absolute Gasteiger partial charge is 0.458 e. The van der Waals surface area contributed by atoms with Crippen LogP contribution in [0.3, 0.4) is 0 Å². The highest BCUT2D eigenvalue weighted by atomic mass is 79.9. The number of aliphatic hydroxyl groups is 1.